The third-order valence-corrected chi connectivity index (χ3v) is 5.83. The lowest BCUT2D eigenvalue weighted by Crippen LogP contribution is -2.40. The number of hydrogen-bond donors (Lipinski definition) is 0. The highest BCUT2D eigenvalue weighted by Crippen LogP contribution is 2.40. The van der Waals surface area contributed by atoms with Crippen LogP contribution in [0.15, 0.2) is 17.5 Å². The van der Waals surface area contributed by atoms with Crippen molar-refractivity contribution in [2.24, 2.45) is 0 Å². The number of thioether (sulfide) groups is 1. The zero-order valence-electron chi connectivity index (χ0n) is 10.6. The third-order valence-electron chi connectivity index (χ3n) is 3.52. The van der Waals surface area contributed by atoms with Crippen molar-refractivity contribution in [1.29, 1.82) is 0 Å². The minimum Gasteiger partial charge on any atom is -0.341 e. The van der Waals surface area contributed by atoms with Crippen LogP contribution in [0.4, 0.5) is 0 Å². The van der Waals surface area contributed by atoms with E-state index in [1.807, 2.05) is 22.4 Å². The van der Waals surface area contributed by atoms with Gasteiger partial charge < -0.3 is 9.80 Å². The van der Waals surface area contributed by atoms with E-state index < -0.39 is 0 Å². The van der Waals surface area contributed by atoms with E-state index >= 15 is 0 Å². The number of amides is 2. The van der Waals surface area contributed by atoms with Crippen molar-refractivity contribution in [3.05, 3.63) is 22.4 Å². The molecule has 19 heavy (non-hydrogen) atoms. The molecule has 1 aromatic heterocycles. The van der Waals surface area contributed by atoms with Gasteiger partial charge in [0.05, 0.1) is 5.75 Å². The summed E-state index contributed by atoms with van der Waals surface area (Å²) in [4.78, 5) is 28.9. The minimum atomic E-state index is 0.0269. The SMILES string of the molecule is O=C(CN1C(=O)CS[C@@H]1c1cccs1)N1CCCC1. The van der Waals surface area contributed by atoms with Crippen molar-refractivity contribution in [1.82, 2.24) is 9.80 Å². The zero-order valence-corrected chi connectivity index (χ0v) is 12.2. The Morgan fingerprint density at radius 1 is 1.37 bits per heavy atom. The fourth-order valence-corrected chi connectivity index (χ4v) is 4.67. The molecule has 1 atom stereocenters. The molecule has 0 radical (unpaired) electrons. The van der Waals surface area contributed by atoms with Gasteiger partial charge in [-0.1, -0.05) is 6.07 Å². The van der Waals surface area contributed by atoms with Crippen LogP contribution in [0.2, 0.25) is 0 Å². The fraction of sp³-hybridized carbons (Fsp3) is 0.538. The highest BCUT2D eigenvalue weighted by molar-refractivity contribution is 8.00. The quantitative estimate of drug-likeness (QED) is 0.856. The maximum absolute atomic E-state index is 12.2. The highest BCUT2D eigenvalue weighted by Gasteiger charge is 2.35. The minimum absolute atomic E-state index is 0.0269. The fourth-order valence-electron chi connectivity index (χ4n) is 2.50. The number of nitrogens with zero attached hydrogens (tertiary/aromatic N) is 2. The first kappa shape index (κ1) is 13.0. The van der Waals surface area contributed by atoms with Gasteiger partial charge in [-0.15, -0.1) is 23.1 Å². The first-order chi connectivity index (χ1) is 9.25. The summed E-state index contributed by atoms with van der Waals surface area (Å²) in [5.41, 5.74) is 0. The Balaban J connectivity index is 1.70. The summed E-state index contributed by atoms with van der Waals surface area (Å²) < 4.78 is 0. The molecule has 6 heteroatoms. The van der Waals surface area contributed by atoms with Crippen LogP contribution in [0.1, 0.15) is 23.1 Å². The first-order valence-electron chi connectivity index (χ1n) is 6.48. The van der Waals surface area contributed by atoms with Crippen molar-refractivity contribution in [2.75, 3.05) is 25.4 Å². The Morgan fingerprint density at radius 2 is 2.16 bits per heavy atom. The van der Waals surface area contributed by atoms with Crippen LogP contribution in [0, 0.1) is 0 Å². The number of carbonyl (C=O) groups is 2. The molecule has 4 nitrogen and oxygen atoms in total. The normalized spacial score (nSPS) is 23.4. The second-order valence-electron chi connectivity index (χ2n) is 4.79. The lowest BCUT2D eigenvalue weighted by molar-refractivity contribution is -0.138. The number of carbonyl (C=O) groups excluding carboxylic acids is 2. The van der Waals surface area contributed by atoms with Gasteiger partial charge in [0.25, 0.3) is 0 Å². The topological polar surface area (TPSA) is 40.6 Å². The smallest absolute Gasteiger partial charge is 0.242 e. The Labute approximate surface area is 120 Å². The summed E-state index contributed by atoms with van der Waals surface area (Å²) in [6, 6.07) is 4.03. The van der Waals surface area contributed by atoms with Crippen LogP contribution in [0.3, 0.4) is 0 Å². The maximum Gasteiger partial charge on any atom is 0.242 e. The summed E-state index contributed by atoms with van der Waals surface area (Å²) in [5.74, 6) is 0.654. The van der Waals surface area contributed by atoms with Gasteiger partial charge in [0.1, 0.15) is 11.9 Å². The molecule has 3 rings (SSSR count). The van der Waals surface area contributed by atoms with E-state index in [0.717, 1.165) is 30.8 Å². The van der Waals surface area contributed by atoms with Gasteiger partial charge in [0.2, 0.25) is 11.8 Å². The largest absolute Gasteiger partial charge is 0.341 e. The lowest BCUT2D eigenvalue weighted by Gasteiger charge is -2.25. The highest BCUT2D eigenvalue weighted by atomic mass is 32.2. The molecule has 102 valence electrons. The maximum atomic E-state index is 12.2. The van der Waals surface area contributed by atoms with Gasteiger partial charge in [0, 0.05) is 18.0 Å². The second kappa shape index (κ2) is 5.54. The summed E-state index contributed by atoms with van der Waals surface area (Å²) in [6.07, 6.45) is 2.17. The van der Waals surface area contributed by atoms with E-state index in [0.29, 0.717) is 5.75 Å². The van der Waals surface area contributed by atoms with Gasteiger partial charge in [-0.25, -0.2) is 0 Å². The van der Waals surface area contributed by atoms with Gasteiger partial charge in [-0.05, 0) is 24.3 Å². The summed E-state index contributed by atoms with van der Waals surface area (Å²) in [5, 5.41) is 2.04. The van der Waals surface area contributed by atoms with Crippen LogP contribution in [0.25, 0.3) is 0 Å². The number of rotatable bonds is 3. The standard InChI is InChI=1S/C13H16N2O2S2/c16-11(14-5-1-2-6-14)8-15-12(17)9-19-13(15)10-4-3-7-18-10/h3-4,7,13H,1-2,5-6,8-9H2/t13-/m1/s1. The Kier molecular flexibility index (Phi) is 3.79. The molecular weight excluding hydrogens is 280 g/mol. The zero-order chi connectivity index (χ0) is 13.2. The molecule has 0 unspecified atom stereocenters. The predicted octanol–water partition coefficient (Wildman–Crippen LogP) is 1.94. The van der Waals surface area contributed by atoms with E-state index in [1.165, 1.54) is 0 Å². The molecule has 3 heterocycles. The summed E-state index contributed by atoms with van der Waals surface area (Å²) in [7, 11) is 0. The van der Waals surface area contributed by atoms with E-state index in [9.17, 15) is 9.59 Å². The Morgan fingerprint density at radius 3 is 2.84 bits per heavy atom. The molecule has 2 amide bonds. The molecule has 0 bridgehead atoms. The molecule has 0 aliphatic carbocycles. The Bertz CT molecular complexity index is 469. The average Bonchev–Trinajstić information content (AvgIpc) is 3.10. The van der Waals surface area contributed by atoms with Crippen LogP contribution in [-0.4, -0.2) is 47.0 Å². The molecule has 2 fully saturated rings. The molecule has 2 aliphatic rings. The van der Waals surface area contributed by atoms with Crippen molar-refractivity contribution in [3.8, 4) is 0 Å². The third kappa shape index (κ3) is 2.65. The number of likely N-dealkylation sites (tertiary alicyclic amines) is 1. The molecule has 1 aromatic rings. The van der Waals surface area contributed by atoms with Crippen LogP contribution < -0.4 is 0 Å². The average molecular weight is 296 g/mol. The second-order valence-corrected chi connectivity index (χ2v) is 6.84. The van der Waals surface area contributed by atoms with Crippen LogP contribution in [-0.2, 0) is 9.59 Å². The molecule has 0 saturated carbocycles. The first-order valence-corrected chi connectivity index (χ1v) is 8.41. The van der Waals surface area contributed by atoms with E-state index in [4.69, 9.17) is 0 Å². The molecule has 0 N–H and O–H groups in total. The lowest BCUT2D eigenvalue weighted by atomic mass is 10.3. The molecular formula is C13H16N2O2S2. The number of thiophene rings is 1. The monoisotopic (exact) mass is 296 g/mol. The van der Waals surface area contributed by atoms with E-state index in [1.54, 1.807) is 28.0 Å². The summed E-state index contributed by atoms with van der Waals surface area (Å²) in [6.45, 7) is 1.92. The van der Waals surface area contributed by atoms with Gasteiger partial charge in [-0.2, -0.15) is 0 Å². The van der Waals surface area contributed by atoms with Gasteiger partial charge >= 0.3 is 0 Å². The van der Waals surface area contributed by atoms with Crippen LogP contribution in [0.5, 0.6) is 0 Å². The van der Waals surface area contributed by atoms with Crippen molar-refractivity contribution in [3.63, 3.8) is 0 Å². The van der Waals surface area contributed by atoms with Crippen molar-refractivity contribution < 1.29 is 9.59 Å². The van der Waals surface area contributed by atoms with Gasteiger partial charge in [-0.3, -0.25) is 9.59 Å². The van der Waals surface area contributed by atoms with Crippen LogP contribution >= 0.6 is 23.1 Å². The van der Waals surface area contributed by atoms with Gasteiger partial charge in [0.15, 0.2) is 0 Å². The summed E-state index contributed by atoms with van der Waals surface area (Å²) >= 11 is 3.26. The number of hydrogen-bond acceptors (Lipinski definition) is 4. The van der Waals surface area contributed by atoms with E-state index in [2.05, 4.69) is 0 Å². The van der Waals surface area contributed by atoms with Crippen molar-refractivity contribution >= 4 is 34.9 Å². The molecule has 0 spiro atoms. The molecule has 2 saturated heterocycles. The van der Waals surface area contributed by atoms with E-state index in [-0.39, 0.29) is 23.7 Å². The molecule has 0 aromatic carbocycles. The Hall–Kier alpha value is -1.01. The molecule has 2 aliphatic heterocycles. The van der Waals surface area contributed by atoms with Crippen molar-refractivity contribution in [2.45, 2.75) is 18.2 Å². The predicted molar refractivity (Wildman–Crippen MR) is 77.0 cm³/mol.